The monoisotopic (exact) mass is 282 g/mol. The van der Waals surface area contributed by atoms with Crippen molar-refractivity contribution in [1.82, 2.24) is 10.6 Å². The Balaban J connectivity index is 2.32. The Hall–Kier alpha value is -1.03. The first-order chi connectivity index (χ1) is 9.31. The van der Waals surface area contributed by atoms with E-state index in [1.165, 1.54) is 12.8 Å². The molecule has 4 heteroatoms. The summed E-state index contributed by atoms with van der Waals surface area (Å²) in [5, 5.41) is 6.49. The van der Waals surface area contributed by atoms with Crippen LogP contribution in [0.25, 0.3) is 0 Å². The molecule has 2 unspecified atom stereocenters. The lowest BCUT2D eigenvalue weighted by Gasteiger charge is -2.25. The van der Waals surface area contributed by atoms with Crippen LogP contribution in [0, 0.1) is 5.92 Å². The van der Waals surface area contributed by atoms with E-state index in [1.54, 1.807) is 0 Å². The molecule has 0 radical (unpaired) electrons. The Morgan fingerprint density at radius 3 is 2.60 bits per heavy atom. The molecule has 0 aromatic heterocycles. The number of hydrogen-bond donors (Lipinski definition) is 2. The molecule has 1 aliphatic carbocycles. The van der Waals surface area contributed by atoms with Gasteiger partial charge in [-0.25, -0.2) is 4.79 Å². The highest BCUT2D eigenvalue weighted by Gasteiger charge is 2.32. The summed E-state index contributed by atoms with van der Waals surface area (Å²) < 4.78 is 5.27. The SMILES string of the molecule is C=CCCC(C)NC(CNC(=O)OC(C)(C)C)C1CC1. The van der Waals surface area contributed by atoms with E-state index in [2.05, 4.69) is 24.1 Å². The Kier molecular flexibility index (Phi) is 6.53. The average molecular weight is 282 g/mol. The van der Waals surface area contributed by atoms with Crippen LogP contribution in [0.3, 0.4) is 0 Å². The van der Waals surface area contributed by atoms with Gasteiger partial charge in [0.2, 0.25) is 0 Å². The predicted molar refractivity (Wildman–Crippen MR) is 82.8 cm³/mol. The van der Waals surface area contributed by atoms with E-state index >= 15 is 0 Å². The molecule has 1 amide bonds. The van der Waals surface area contributed by atoms with Gasteiger partial charge in [0.25, 0.3) is 0 Å². The number of amides is 1. The van der Waals surface area contributed by atoms with Gasteiger partial charge in [0.15, 0.2) is 0 Å². The Bertz CT molecular complexity index is 319. The van der Waals surface area contributed by atoms with Crippen molar-refractivity contribution in [3.63, 3.8) is 0 Å². The molecular weight excluding hydrogens is 252 g/mol. The molecule has 0 spiro atoms. The normalized spacial score (nSPS) is 18.2. The van der Waals surface area contributed by atoms with E-state index in [0.717, 1.165) is 12.8 Å². The van der Waals surface area contributed by atoms with E-state index in [4.69, 9.17) is 4.74 Å². The van der Waals surface area contributed by atoms with Crippen molar-refractivity contribution in [2.45, 2.75) is 71.1 Å². The highest BCUT2D eigenvalue weighted by atomic mass is 16.6. The second kappa shape index (κ2) is 7.67. The lowest BCUT2D eigenvalue weighted by molar-refractivity contribution is 0.0520. The molecule has 2 atom stereocenters. The molecule has 20 heavy (non-hydrogen) atoms. The number of carbonyl (C=O) groups is 1. The van der Waals surface area contributed by atoms with E-state index in [-0.39, 0.29) is 6.09 Å². The summed E-state index contributed by atoms with van der Waals surface area (Å²) in [6, 6.07) is 0.793. The fraction of sp³-hybridized carbons (Fsp3) is 0.812. The number of nitrogens with one attached hydrogen (secondary N) is 2. The summed E-state index contributed by atoms with van der Waals surface area (Å²) >= 11 is 0. The van der Waals surface area contributed by atoms with Crippen LogP contribution < -0.4 is 10.6 Å². The fourth-order valence-corrected chi connectivity index (χ4v) is 2.18. The maximum absolute atomic E-state index is 11.7. The number of ether oxygens (including phenoxy) is 1. The molecule has 0 aliphatic heterocycles. The molecule has 0 bridgehead atoms. The minimum atomic E-state index is -0.441. The van der Waals surface area contributed by atoms with Crippen molar-refractivity contribution in [2.75, 3.05) is 6.54 Å². The van der Waals surface area contributed by atoms with Gasteiger partial charge < -0.3 is 15.4 Å². The lowest BCUT2D eigenvalue weighted by atomic mass is 10.1. The number of rotatable bonds is 8. The highest BCUT2D eigenvalue weighted by Crippen LogP contribution is 2.32. The number of allylic oxidation sites excluding steroid dienone is 1. The zero-order valence-corrected chi connectivity index (χ0v) is 13.4. The van der Waals surface area contributed by atoms with Gasteiger partial charge in [0.1, 0.15) is 5.60 Å². The van der Waals surface area contributed by atoms with E-state index < -0.39 is 5.60 Å². The van der Waals surface area contributed by atoms with Gasteiger partial charge in [-0.1, -0.05) is 6.08 Å². The van der Waals surface area contributed by atoms with Gasteiger partial charge in [0, 0.05) is 18.6 Å². The molecule has 0 saturated heterocycles. The molecule has 0 heterocycles. The summed E-state index contributed by atoms with van der Waals surface area (Å²) in [5.74, 6) is 0.691. The first kappa shape index (κ1) is 17.0. The summed E-state index contributed by atoms with van der Waals surface area (Å²) in [5.41, 5.74) is -0.441. The second-order valence-electron chi connectivity index (χ2n) is 6.76. The zero-order valence-electron chi connectivity index (χ0n) is 13.4. The van der Waals surface area contributed by atoms with Crippen LogP contribution in [0.4, 0.5) is 4.79 Å². The third kappa shape index (κ3) is 7.53. The third-order valence-electron chi connectivity index (χ3n) is 3.36. The van der Waals surface area contributed by atoms with Gasteiger partial charge >= 0.3 is 6.09 Å². The highest BCUT2D eigenvalue weighted by molar-refractivity contribution is 5.67. The maximum atomic E-state index is 11.7. The standard InChI is InChI=1S/C16H30N2O2/c1-6-7-8-12(2)18-14(13-9-10-13)11-17-15(19)20-16(3,4)5/h6,12-14,18H,1,7-11H2,2-5H3,(H,17,19). The first-order valence-corrected chi connectivity index (χ1v) is 7.65. The summed E-state index contributed by atoms with van der Waals surface area (Å²) in [7, 11) is 0. The van der Waals surface area contributed by atoms with E-state index in [1.807, 2.05) is 26.8 Å². The van der Waals surface area contributed by atoms with Crippen LogP contribution in [0.5, 0.6) is 0 Å². The zero-order chi connectivity index (χ0) is 15.2. The van der Waals surface area contributed by atoms with Gasteiger partial charge in [0.05, 0.1) is 0 Å². The molecule has 1 rings (SSSR count). The van der Waals surface area contributed by atoms with Crippen molar-refractivity contribution >= 4 is 6.09 Å². The average Bonchev–Trinajstić information content (AvgIpc) is 3.13. The quantitative estimate of drug-likeness (QED) is 0.672. The van der Waals surface area contributed by atoms with Crippen LogP contribution in [0.2, 0.25) is 0 Å². The van der Waals surface area contributed by atoms with Crippen molar-refractivity contribution in [1.29, 1.82) is 0 Å². The maximum Gasteiger partial charge on any atom is 0.407 e. The smallest absolute Gasteiger partial charge is 0.407 e. The topological polar surface area (TPSA) is 50.4 Å². The minimum absolute atomic E-state index is 0.330. The number of alkyl carbamates (subject to hydrolysis) is 1. The molecule has 1 saturated carbocycles. The number of hydrogen-bond acceptors (Lipinski definition) is 3. The molecule has 116 valence electrons. The molecule has 4 nitrogen and oxygen atoms in total. The van der Waals surface area contributed by atoms with E-state index in [9.17, 15) is 4.79 Å². The third-order valence-corrected chi connectivity index (χ3v) is 3.36. The van der Waals surface area contributed by atoms with Crippen molar-refractivity contribution in [3.8, 4) is 0 Å². The van der Waals surface area contributed by atoms with Gasteiger partial charge in [-0.3, -0.25) is 0 Å². The van der Waals surface area contributed by atoms with Crippen LogP contribution >= 0.6 is 0 Å². The predicted octanol–water partition coefficient (Wildman–Crippen LogP) is 3.23. The van der Waals surface area contributed by atoms with Crippen LogP contribution in [-0.2, 0) is 4.74 Å². The number of carbonyl (C=O) groups excluding carboxylic acids is 1. The van der Waals surface area contributed by atoms with Gasteiger partial charge in [-0.2, -0.15) is 0 Å². The van der Waals surface area contributed by atoms with Crippen molar-refractivity contribution in [2.24, 2.45) is 5.92 Å². The Morgan fingerprint density at radius 1 is 1.45 bits per heavy atom. The Labute approximate surface area is 123 Å². The van der Waals surface area contributed by atoms with Crippen molar-refractivity contribution < 1.29 is 9.53 Å². The van der Waals surface area contributed by atoms with Crippen LogP contribution in [0.1, 0.15) is 53.4 Å². The molecule has 0 aromatic carbocycles. The summed E-state index contributed by atoms with van der Waals surface area (Å²) in [6.07, 6.45) is 6.22. The largest absolute Gasteiger partial charge is 0.444 e. The minimum Gasteiger partial charge on any atom is -0.444 e. The van der Waals surface area contributed by atoms with Crippen molar-refractivity contribution in [3.05, 3.63) is 12.7 Å². The van der Waals surface area contributed by atoms with Gasteiger partial charge in [-0.15, -0.1) is 6.58 Å². The molecule has 1 fully saturated rings. The van der Waals surface area contributed by atoms with Gasteiger partial charge in [-0.05, 0) is 59.3 Å². The fourth-order valence-electron chi connectivity index (χ4n) is 2.18. The van der Waals surface area contributed by atoms with E-state index in [0.29, 0.717) is 24.5 Å². The molecule has 2 N–H and O–H groups in total. The molecule has 1 aliphatic rings. The lowest BCUT2D eigenvalue weighted by Crippen LogP contribution is -2.46. The summed E-state index contributed by atoms with van der Waals surface area (Å²) in [4.78, 5) is 11.7. The second-order valence-corrected chi connectivity index (χ2v) is 6.76. The van der Waals surface area contributed by atoms with Crippen LogP contribution in [-0.4, -0.2) is 30.3 Å². The Morgan fingerprint density at radius 2 is 2.10 bits per heavy atom. The molecular formula is C16H30N2O2. The summed E-state index contributed by atoms with van der Waals surface area (Å²) in [6.45, 7) is 12.2. The first-order valence-electron chi connectivity index (χ1n) is 7.65. The molecule has 0 aromatic rings. The van der Waals surface area contributed by atoms with Crippen LogP contribution in [0.15, 0.2) is 12.7 Å².